The van der Waals surface area contributed by atoms with Gasteiger partial charge in [-0.25, -0.2) is 4.79 Å². The molecule has 0 aromatic heterocycles. The topological polar surface area (TPSA) is 46.5 Å². The van der Waals surface area contributed by atoms with E-state index in [0.29, 0.717) is 0 Å². The van der Waals surface area contributed by atoms with E-state index in [4.69, 9.17) is 9.84 Å². The maximum Gasteiger partial charge on any atom is 1.00 e. The molecule has 0 bridgehead atoms. The molecule has 0 aliphatic rings. The maximum atomic E-state index is 9.92. The van der Waals surface area contributed by atoms with Crippen molar-refractivity contribution in [2.24, 2.45) is 0 Å². The van der Waals surface area contributed by atoms with Crippen LogP contribution in [0.1, 0.15) is 20.8 Å². The van der Waals surface area contributed by atoms with Crippen LogP contribution in [0.15, 0.2) is 0 Å². The molecular formula is C7H15LiO3. The number of rotatable bonds is 2. The van der Waals surface area contributed by atoms with Gasteiger partial charge in [0.15, 0.2) is 0 Å². The van der Waals surface area contributed by atoms with Gasteiger partial charge in [0.2, 0.25) is 0 Å². The van der Waals surface area contributed by atoms with Crippen molar-refractivity contribution in [1.82, 2.24) is 0 Å². The second kappa shape index (κ2) is 6.72. The monoisotopic (exact) mass is 154 g/mol. The molecule has 0 aliphatic heterocycles. The van der Waals surface area contributed by atoms with Gasteiger partial charge in [-0.2, -0.15) is 0 Å². The van der Waals surface area contributed by atoms with E-state index >= 15 is 0 Å². The number of ether oxygens (including phenoxy) is 1. The fourth-order valence-corrected chi connectivity index (χ4v) is 0.278. The average molecular weight is 154 g/mol. The molecule has 0 aromatic carbocycles. The summed E-state index contributed by atoms with van der Waals surface area (Å²) in [4.78, 5) is 9.92. The Balaban J connectivity index is -0.000000320. The summed E-state index contributed by atoms with van der Waals surface area (Å²) in [5.41, 5.74) is -0.349. The largest absolute Gasteiger partial charge is 1.00 e. The normalized spacial score (nSPS) is 9.36. The molecule has 0 saturated carbocycles. The van der Waals surface area contributed by atoms with Crippen LogP contribution >= 0.6 is 0 Å². The summed E-state index contributed by atoms with van der Waals surface area (Å²) in [6.45, 7) is 5.23. The molecule has 0 saturated heterocycles. The third-order valence-corrected chi connectivity index (χ3v) is 0.629. The Morgan fingerprint density at radius 2 is 1.82 bits per heavy atom. The molecule has 0 atom stereocenters. The molecule has 11 heavy (non-hydrogen) atoms. The fourth-order valence-electron chi connectivity index (χ4n) is 0.278. The van der Waals surface area contributed by atoms with Crippen LogP contribution in [-0.2, 0) is 9.53 Å². The van der Waals surface area contributed by atoms with Crippen LogP contribution in [0.3, 0.4) is 0 Å². The van der Waals surface area contributed by atoms with Crippen LogP contribution in [-0.4, -0.2) is 23.3 Å². The van der Waals surface area contributed by atoms with Crippen molar-refractivity contribution in [3.63, 3.8) is 0 Å². The van der Waals surface area contributed by atoms with E-state index in [1.165, 1.54) is 0 Å². The van der Waals surface area contributed by atoms with Gasteiger partial charge in [-0.3, -0.25) is 0 Å². The first-order valence-electron chi connectivity index (χ1n) is 2.77. The van der Waals surface area contributed by atoms with Gasteiger partial charge in [0, 0.05) is 0 Å². The van der Waals surface area contributed by atoms with Gasteiger partial charge in [0.05, 0.1) is 5.60 Å². The van der Waals surface area contributed by atoms with Crippen molar-refractivity contribution in [2.75, 3.05) is 6.61 Å². The van der Waals surface area contributed by atoms with Crippen molar-refractivity contribution in [3.8, 4) is 0 Å². The van der Waals surface area contributed by atoms with Gasteiger partial charge in [0.1, 0.15) is 6.61 Å². The summed E-state index contributed by atoms with van der Waals surface area (Å²) in [6, 6.07) is 0. The van der Waals surface area contributed by atoms with Crippen LogP contribution in [0.4, 0.5) is 0 Å². The summed E-state index contributed by atoms with van der Waals surface area (Å²) >= 11 is 0. The minimum Gasteiger partial charge on any atom is -0.480 e. The molecule has 3 nitrogen and oxygen atoms in total. The molecule has 0 rings (SSSR count). The van der Waals surface area contributed by atoms with Crippen molar-refractivity contribution in [2.45, 2.75) is 26.4 Å². The smallest absolute Gasteiger partial charge is 0.480 e. The first-order chi connectivity index (χ1) is 3.92. The molecule has 0 unspecified atom stereocenters. The summed E-state index contributed by atoms with van der Waals surface area (Å²) in [6.07, 6.45) is 0. The van der Waals surface area contributed by atoms with Crippen molar-refractivity contribution >= 4 is 5.97 Å². The molecule has 0 aromatic rings. The van der Waals surface area contributed by atoms with Crippen LogP contribution in [0.2, 0.25) is 0 Å². The molecular weight excluding hydrogens is 139 g/mol. The Bertz CT molecular complexity index is 107. The quantitative estimate of drug-likeness (QED) is 0.382. The SMILES string of the molecule is CC(C)(C)OCC(=O)O.[CH3-].[Li+]. The third kappa shape index (κ3) is 17.8. The second-order valence-corrected chi connectivity index (χ2v) is 2.79. The van der Waals surface area contributed by atoms with Crippen molar-refractivity contribution < 1.29 is 33.5 Å². The zero-order valence-corrected chi connectivity index (χ0v) is 7.97. The van der Waals surface area contributed by atoms with E-state index in [1.54, 1.807) is 0 Å². The minimum absolute atomic E-state index is 0. The van der Waals surface area contributed by atoms with Gasteiger partial charge in [-0.15, -0.1) is 0 Å². The Morgan fingerprint density at radius 1 is 1.45 bits per heavy atom. The van der Waals surface area contributed by atoms with E-state index < -0.39 is 5.97 Å². The molecule has 4 heteroatoms. The number of hydrogen-bond acceptors (Lipinski definition) is 2. The number of carboxylic acid groups (broad SMARTS) is 1. The van der Waals surface area contributed by atoms with Gasteiger partial charge in [-0.05, 0) is 20.8 Å². The average Bonchev–Trinajstić information content (AvgIpc) is 1.59. The first kappa shape index (κ1) is 17.2. The van der Waals surface area contributed by atoms with Crippen molar-refractivity contribution in [1.29, 1.82) is 0 Å². The Labute approximate surface area is 80.3 Å². The summed E-state index contributed by atoms with van der Waals surface area (Å²) in [5, 5.41) is 8.15. The van der Waals surface area contributed by atoms with Crippen LogP contribution in [0, 0.1) is 7.43 Å². The van der Waals surface area contributed by atoms with Gasteiger partial charge < -0.3 is 17.3 Å². The van der Waals surface area contributed by atoms with E-state index in [2.05, 4.69) is 0 Å². The number of aliphatic carboxylic acids is 1. The molecule has 0 amide bonds. The van der Waals surface area contributed by atoms with Gasteiger partial charge in [0.25, 0.3) is 0 Å². The molecule has 0 aliphatic carbocycles. The molecule has 0 radical (unpaired) electrons. The number of carbonyl (C=O) groups is 1. The zero-order chi connectivity index (χ0) is 7.49. The van der Waals surface area contributed by atoms with Crippen LogP contribution in [0.5, 0.6) is 0 Å². The first-order valence-corrected chi connectivity index (χ1v) is 2.77. The zero-order valence-electron chi connectivity index (χ0n) is 7.97. The van der Waals surface area contributed by atoms with E-state index in [-0.39, 0.29) is 38.5 Å². The Kier molecular flexibility index (Phi) is 10.5. The predicted molar refractivity (Wildman–Crippen MR) is 39.8 cm³/mol. The Hall–Kier alpha value is 0.0274. The molecule has 0 spiro atoms. The van der Waals surface area contributed by atoms with Gasteiger partial charge in [-0.1, -0.05) is 0 Å². The molecule has 0 heterocycles. The third-order valence-electron chi connectivity index (χ3n) is 0.629. The standard InChI is InChI=1S/C6H12O3.CH3.Li/c1-6(2,3)9-4-5(7)8;;/h4H2,1-3H3,(H,7,8);1H3;/q;-1;+1. The van der Waals surface area contributed by atoms with E-state index in [1.807, 2.05) is 20.8 Å². The minimum atomic E-state index is -0.926. The summed E-state index contributed by atoms with van der Waals surface area (Å²) in [5.74, 6) is -0.926. The van der Waals surface area contributed by atoms with Crippen LogP contribution < -0.4 is 18.9 Å². The van der Waals surface area contributed by atoms with E-state index in [9.17, 15) is 4.79 Å². The molecule has 0 fully saturated rings. The molecule has 62 valence electrons. The predicted octanol–water partition coefficient (Wildman–Crippen LogP) is -1.66. The maximum absolute atomic E-state index is 9.92. The number of hydrogen-bond donors (Lipinski definition) is 1. The van der Waals surface area contributed by atoms with Crippen LogP contribution in [0.25, 0.3) is 0 Å². The molecule has 1 N–H and O–H groups in total. The summed E-state index contributed by atoms with van der Waals surface area (Å²) < 4.78 is 4.89. The fraction of sp³-hybridized carbons (Fsp3) is 0.714. The van der Waals surface area contributed by atoms with Gasteiger partial charge >= 0.3 is 24.8 Å². The van der Waals surface area contributed by atoms with E-state index in [0.717, 1.165) is 0 Å². The second-order valence-electron chi connectivity index (χ2n) is 2.79. The van der Waals surface area contributed by atoms with Crippen molar-refractivity contribution in [3.05, 3.63) is 7.43 Å². The number of carboxylic acids is 1. The summed E-state index contributed by atoms with van der Waals surface area (Å²) in [7, 11) is 0. The Morgan fingerprint density at radius 3 is 1.91 bits per heavy atom.